The Morgan fingerprint density at radius 3 is 2.28 bits per heavy atom. The zero-order chi connectivity index (χ0) is 23.5. The minimum absolute atomic E-state index is 0.128. The van der Waals surface area contributed by atoms with E-state index in [9.17, 15) is 15.0 Å². The van der Waals surface area contributed by atoms with Gasteiger partial charge in [-0.15, -0.1) is 0 Å². The van der Waals surface area contributed by atoms with E-state index >= 15 is 0 Å². The van der Waals surface area contributed by atoms with Gasteiger partial charge in [0.15, 0.2) is 0 Å². The summed E-state index contributed by atoms with van der Waals surface area (Å²) in [4.78, 5) is 12.5. The molecular formula is C29H48O3. The van der Waals surface area contributed by atoms with Crippen LogP contribution in [0.1, 0.15) is 106 Å². The number of allylic oxidation sites excluding steroid dienone is 2. The zero-order valence-electron chi connectivity index (χ0n) is 21.5. The predicted molar refractivity (Wildman–Crippen MR) is 130 cm³/mol. The Kier molecular flexibility index (Phi) is 6.40. The highest BCUT2D eigenvalue weighted by Gasteiger charge is 2.63. The van der Waals surface area contributed by atoms with Crippen molar-refractivity contribution in [2.24, 2.45) is 51.8 Å². The number of fused-ring (bicyclic) bond motifs is 7. The highest BCUT2D eigenvalue weighted by Crippen LogP contribution is 2.70. The van der Waals surface area contributed by atoms with E-state index in [0.29, 0.717) is 40.4 Å². The molecule has 32 heavy (non-hydrogen) atoms. The third-order valence-corrected chi connectivity index (χ3v) is 11.5. The first-order valence-corrected chi connectivity index (χ1v) is 13.7. The number of hydrogen-bond acceptors (Lipinski definition) is 2. The van der Waals surface area contributed by atoms with Crippen LogP contribution in [0.25, 0.3) is 0 Å². The molecule has 3 heteroatoms. The Bertz CT molecular complexity index is 758. The van der Waals surface area contributed by atoms with Gasteiger partial charge in [0.2, 0.25) is 0 Å². The van der Waals surface area contributed by atoms with Gasteiger partial charge in [-0.3, -0.25) is 4.79 Å². The number of aliphatic hydroxyl groups excluding tert-OH is 1. The second-order valence-corrected chi connectivity index (χ2v) is 12.6. The molecule has 10 unspecified atom stereocenters. The Morgan fingerprint density at radius 1 is 0.938 bits per heavy atom. The van der Waals surface area contributed by atoms with Gasteiger partial charge in [0.25, 0.3) is 0 Å². The van der Waals surface area contributed by atoms with Gasteiger partial charge in [-0.25, -0.2) is 0 Å². The molecule has 0 aromatic carbocycles. The summed E-state index contributed by atoms with van der Waals surface area (Å²) in [6.07, 6.45) is 13.1. The molecule has 0 aliphatic heterocycles. The van der Waals surface area contributed by atoms with Gasteiger partial charge >= 0.3 is 5.97 Å². The quantitative estimate of drug-likeness (QED) is 0.424. The first-order valence-electron chi connectivity index (χ1n) is 13.7. The highest BCUT2D eigenvalue weighted by molar-refractivity contribution is 5.76. The lowest BCUT2D eigenvalue weighted by Gasteiger charge is -2.66. The second-order valence-electron chi connectivity index (χ2n) is 12.6. The molecule has 10 atom stereocenters. The largest absolute Gasteiger partial charge is 0.481 e. The summed E-state index contributed by atoms with van der Waals surface area (Å²) in [6, 6.07) is 0. The van der Waals surface area contributed by atoms with E-state index < -0.39 is 11.4 Å². The number of aliphatic hydroxyl groups is 1. The fourth-order valence-electron chi connectivity index (χ4n) is 9.75. The molecule has 3 nitrogen and oxygen atoms in total. The van der Waals surface area contributed by atoms with E-state index in [1.807, 2.05) is 13.8 Å². The van der Waals surface area contributed by atoms with E-state index in [1.165, 1.54) is 12.8 Å². The van der Waals surface area contributed by atoms with Crippen LogP contribution in [0.5, 0.6) is 0 Å². The van der Waals surface area contributed by atoms with Crippen LogP contribution in [0.4, 0.5) is 0 Å². The van der Waals surface area contributed by atoms with Crippen LogP contribution in [-0.2, 0) is 4.79 Å². The van der Waals surface area contributed by atoms with E-state index in [2.05, 4.69) is 33.8 Å². The summed E-state index contributed by atoms with van der Waals surface area (Å²) in [5, 5.41) is 20.8. The van der Waals surface area contributed by atoms with E-state index in [4.69, 9.17) is 0 Å². The van der Waals surface area contributed by atoms with Crippen molar-refractivity contribution in [3.63, 3.8) is 0 Å². The number of hydrogen-bond donors (Lipinski definition) is 2. The van der Waals surface area contributed by atoms with Crippen molar-refractivity contribution in [1.29, 1.82) is 0 Å². The van der Waals surface area contributed by atoms with E-state index in [1.54, 1.807) is 5.57 Å². The number of aliphatic carboxylic acids is 1. The van der Waals surface area contributed by atoms with Gasteiger partial charge in [0.05, 0.1) is 11.5 Å². The molecule has 0 aromatic rings. The van der Waals surface area contributed by atoms with Crippen LogP contribution < -0.4 is 0 Å². The molecule has 0 bridgehead atoms. The van der Waals surface area contributed by atoms with Gasteiger partial charge in [-0.1, -0.05) is 53.2 Å². The average molecular weight is 445 g/mol. The van der Waals surface area contributed by atoms with E-state index in [0.717, 1.165) is 51.4 Å². The lowest BCUT2D eigenvalue weighted by atomic mass is 9.39. The van der Waals surface area contributed by atoms with Crippen LogP contribution in [0.3, 0.4) is 0 Å². The lowest BCUT2D eigenvalue weighted by Crippen LogP contribution is -2.60. The zero-order valence-corrected chi connectivity index (χ0v) is 21.5. The second kappa shape index (κ2) is 8.43. The van der Waals surface area contributed by atoms with Crippen molar-refractivity contribution in [2.45, 2.75) is 112 Å². The maximum atomic E-state index is 12.5. The summed E-state index contributed by atoms with van der Waals surface area (Å²) in [5.41, 5.74) is 1.65. The van der Waals surface area contributed by atoms with Crippen LogP contribution in [0, 0.1) is 51.8 Å². The molecule has 0 amide bonds. The maximum absolute atomic E-state index is 12.5. The monoisotopic (exact) mass is 444 g/mol. The topological polar surface area (TPSA) is 57.5 Å². The molecule has 4 saturated carbocycles. The van der Waals surface area contributed by atoms with Crippen LogP contribution in [-0.4, -0.2) is 22.3 Å². The minimum atomic E-state index is -0.531. The summed E-state index contributed by atoms with van der Waals surface area (Å²) >= 11 is 0. The Labute approximate surface area is 196 Å². The molecule has 5 rings (SSSR count). The lowest BCUT2D eigenvalue weighted by molar-refractivity contribution is -0.168. The van der Waals surface area contributed by atoms with E-state index in [-0.39, 0.29) is 12.0 Å². The van der Waals surface area contributed by atoms with Crippen molar-refractivity contribution in [2.75, 3.05) is 0 Å². The first-order chi connectivity index (χ1) is 15.1. The van der Waals surface area contributed by atoms with Gasteiger partial charge in [-0.05, 0) is 111 Å². The van der Waals surface area contributed by atoms with Crippen molar-refractivity contribution in [3.8, 4) is 0 Å². The Morgan fingerprint density at radius 2 is 1.59 bits per heavy atom. The fourth-order valence-corrected chi connectivity index (χ4v) is 9.75. The molecule has 182 valence electrons. The number of rotatable bonds is 1. The third kappa shape index (κ3) is 3.27. The molecule has 0 heterocycles. The van der Waals surface area contributed by atoms with Crippen molar-refractivity contribution in [3.05, 3.63) is 11.6 Å². The molecule has 5 aliphatic rings. The Hall–Kier alpha value is -0.830. The molecule has 4 fully saturated rings. The molecule has 0 aromatic heterocycles. The third-order valence-electron chi connectivity index (χ3n) is 11.5. The smallest absolute Gasteiger partial charge is 0.310 e. The molecule has 0 radical (unpaired) electrons. The van der Waals surface area contributed by atoms with Crippen LogP contribution >= 0.6 is 0 Å². The predicted octanol–water partition coefficient (Wildman–Crippen LogP) is 7.09. The summed E-state index contributed by atoms with van der Waals surface area (Å²) in [7, 11) is 0. The molecule has 0 spiro atoms. The van der Waals surface area contributed by atoms with Crippen molar-refractivity contribution < 1.29 is 15.0 Å². The number of carboxylic acid groups (broad SMARTS) is 1. The van der Waals surface area contributed by atoms with Gasteiger partial charge in [-0.2, -0.15) is 0 Å². The van der Waals surface area contributed by atoms with Gasteiger partial charge in [0, 0.05) is 0 Å². The number of carbonyl (C=O) groups is 1. The summed E-state index contributed by atoms with van der Waals surface area (Å²) in [5.74, 6) is 2.64. The first kappa shape index (κ1) is 24.3. The summed E-state index contributed by atoms with van der Waals surface area (Å²) < 4.78 is 0. The van der Waals surface area contributed by atoms with Crippen molar-refractivity contribution >= 4 is 5.97 Å². The van der Waals surface area contributed by atoms with Crippen molar-refractivity contribution in [1.82, 2.24) is 0 Å². The number of carboxylic acids is 1. The molecular weight excluding hydrogens is 396 g/mol. The standard InChI is InChI=1S/C27H42O3.C2H6/c1-16-7-13-27(24(29)30)14-9-20-18(21(27)15-16)5-6-23-25(3)12-10-22(28)17(2)19(25)8-11-26(20,23)4;1-2/h5,16-17,19-23,28H,6-15H2,1-4H3,(H,29,30);1-2H3. The van der Waals surface area contributed by atoms with Gasteiger partial charge in [0.1, 0.15) is 0 Å². The van der Waals surface area contributed by atoms with Crippen LogP contribution in [0.15, 0.2) is 11.6 Å². The fraction of sp³-hybridized carbons (Fsp3) is 0.897. The van der Waals surface area contributed by atoms with Crippen LogP contribution in [0.2, 0.25) is 0 Å². The molecule has 0 saturated heterocycles. The summed E-state index contributed by atoms with van der Waals surface area (Å²) in [6.45, 7) is 13.7. The molecule has 5 aliphatic carbocycles. The Balaban J connectivity index is 0.00000119. The minimum Gasteiger partial charge on any atom is -0.481 e. The maximum Gasteiger partial charge on any atom is 0.310 e. The average Bonchev–Trinajstić information content (AvgIpc) is 2.77. The highest BCUT2D eigenvalue weighted by atomic mass is 16.4. The SMILES string of the molecule is CC.CC1CCC2(C(=O)O)CCC3C(=CCC4C3(C)CCC3C(C)C(O)CCC34C)C2C1. The van der Waals surface area contributed by atoms with Gasteiger partial charge < -0.3 is 10.2 Å². The normalized spacial score (nSPS) is 52.1. The molecule has 2 N–H and O–H groups in total.